The van der Waals surface area contributed by atoms with Crippen LogP contribution in [-0.2, 0) is 9.47 Å². The van der Waals surface area contributed by atoms with Gasteiger partial charge >= 0.3 is 0 Å². The second kappa shape index (κ2) is 9.17. The van der Waals surface area contributed by atoms with Gasteiger partial charge in [-0.3, -0.25) is 14.6 Å². The molecule has 6 heteroatoms. The lowest BCUT2D eigenvalue weighted by molar-refractivity contribution is 0.0911. The summed E-state index contributed by atoms with van der Waals surface area (Å²) in [6.45, 7) is 1.32. The smallest absolute Gasteiger partial charge is 0.253 e. The third-order valence-electron chi connectivity index (χ3n) is 2.66. The molecule has 0 atom stereocenters. The van der Waals surface area contributed by atoms with Crippen molar-refractivity contribution in [3.05, 3.63) is 29.6 Å². The van der Waals surface area contributed by atoms with Crippen LogP contribution in [0.2, 0.25) is 0 Å². The van der Waals surface area contributed by atoms with Gasteiger partial charge in [0.05, 0.1) is 12.2 Å². The molecule has 0 saturated carbocycles. The van der Waals surface area contributed by atoms with Gasteiger partial charge in [-0.2, -0.15) is 0 Å². The molecule has 1 aromatic heterocycles. The fourth-order valence-electron chi connectivity index (χ4n) is 1.67. The maximum absolute atomic E-state index is 12.1. The first-order valence-electron chi connectivity index (χ1n) is 6.45. The van der Waals surface area contributed by atoms with Crippen LogP contribution in [0.3, 0.4) is 0 Å². The number of pyridine rings is 1. The molecule has 0 aliphatic rings. The van der Waals surface area contributed by atoms with E-state index in [9.17, 15) is 9.59 Å². The highest BCUT2D eigenvalue weighted by atomic mass is 16.5. The summed E-state index contributed by atoms with van der Waals surface area (Å²) in [6, 6.07) is 3.23. The molecular formula is C14H20N2O4. The van der Waals surface area contributed by atoms with E-state index in [2.05, 4.69) is 10.3 Å². The number of carbonyl (C=O) groups excluding carboxylic acids is 2. The highest BCUT2D eigenvalue weighted by Gasteiger charge is 2.17. The van der Waals surface area contributed by atoms with Crippen molar-refractivity contribution in [3.63, 3.8) is 0 Å². The third-order valence-corrected chi connectivity index (χ3v) is 2.66. The van der Waals surface area contributed by atoms with Gasteiger partial charge in [-0.05, 0) is 18.6 Å². The summed E-state index contributed by atoms with van der Waals surface area (Å²) < 4.78 is 9.77. The molecule has 1 rings (SSSR count). The van der Waals surface area contributed by atoms with E-state index in [0.717, 1.165) is 0 Å². The second-order valence-electron chi connectivity index (χ2n) is 4.17. The lowest BCUT2D eigenvalue weighted by Gasteiger charge is -2.08. The summed E-state index contributed by atoms with van der Waals surface area (Å²) in [5.41, 5.74) is 0.504. The summed E-state index contributed by atoms with van der Waals surface area (Å²) in [4.78, 5) is 28.1. The van der Waals surface area contributed by atoms with Crippen LogP contribution in [0.4, 0.5) is 0 Å². The molecule has 1 heterocycles. The normalized spacial score (nSPS) is 10.3. The zero-order valence-electron chi connectivity index (χ0n) is 11.8. The van der Waals surface area contributed by atoms with Gasteiger partial charge in [0.25, 0.3) is 5.91 Å². The van der Waals surface area contributed by atoms with E-state index in [1.807, 2.05) is 0 Å². The van der Waals surface area contributed by atoms with E-state index in [1.165, 1.54) is 6.20 Å². The number of hydrogen-bond acceptors (Lipinski definition) is 5. The predicted octanol–water partition coefficient (Wildman–Crippen LogP) is 1.07. The number of methoxy groups -OCH3 is 2. The number of nitrogens with zero attached hydrogens (tertiary/aromatic N) is 1. The van der Waals surface area contributed by atoms with Crippen molar-refractivity contribution in [2.75, 3.05) is 34.0 Å². The Morgan fingerprint density at radius 3 is 2.70 bits per heavy atom. The molecule has 0 aliphatic carbocycles. The van der Waals surface area contributed by atoms with Crippen LogP contribution in [0.15, 0.2) is 18.3 Å². The summed E-state index contributed by atoms with van der Waals surface area (Å²) in [7, 11) is 3.14. The summed E-state index contributed by atoms with van der Waals surface area (Å²) in [5.74, 6) is -0.468. The fourth-order valence-corrected chi connectivity index (χ4v) is 1.67. The van der Waals surface area contributed by atoms with E-state index in [-0.39, 0.29) is 17.4 Å². The summed E-state index contributed by atoms with van der Waals surface area (Å²) >= 11 is 0. The lowest BCUT2D eigenvalue weighted by atomic mass is 10.1. The Morgan fingerprint density at radius 1 is 1.25 bits per heavy atom. The van der Waals surface area contributed by atoms with Crippen molar-refractivity contribution in [2.45, 2.75) is 12.8 Å². The quantitative estimate of drug-likeness (QED) is 0.541. The van der Waals surface area contributed by atoms with Crippen molar-refractivity contribution in [3.8, 4) is 0 Å². The number of aromatic nitrogens is 1. The van der Waals surface area contributed by atoms with Gasteiger partial charge in [0.1, 0.15) is 5.69 Å². The average molecular weight is 280 g/mol. The van der Waals surface area contributed by atoms with Crippen LogP contribution in [-0.4, -0.2) is 50.7 Å². The Kier molecular flexibility index (Phi) is 7.46. The van der Waals surface area contributed by atoms with Gasteiger partial charge in [0.15, 0.2) is 5.78 Å². The molecule has 0 aromatic carbocycles. The highest BCUT2D eigenvalue weighted by Crippen LogP contribution is 2.09. The van der Waals surface area contributed by atoms with Crippen LogP contribution in [0.1, 0.15) is 33.7 Å². The van der Waals surface area contributed by atoms with Crippen molar-refractivity contribution < 1.29 is 19.1 Å². The van der Waals surface area contributed by atoms with Gasteiger partial charge in [-0.1, -0.05) is 0 Å². The third kappa shape index (κ3) is 5.07. The molecule has 110 valence electrons. The van der Waals surface area contributed by atoms with Gasteiger partial charge < -0.3 is 14.8 Å². The van der Waals surface area contributed by atoms with E-state index >= 15 is 0 Å². The molecule has 0 radical (unpaired) electrons. The molecule has 6 nitrogen and oxygen atoms in total. The van der Waals surface area contributed by atoms with Crippen molar-refractivity contribution in [1.29, 1.82) is 0 Å². The van der Waals surface area contributed by atoms with Crippen molar-refractivity contribution in [1.82, 2.24) is 10.3 Å². The molecule has 0 spiro atoms. The molecular weight excluding hydrogens is 260 g/mol. The standard InChI is InChI=1S/C14H20N2O4/c1-19-9-4-6-12(17)13-11(5-3-7-15-13)14(18)16-8-10-20-2/h3,5,7H,4,6,8-10H2,1-2H3,(H,16,18). The molecule has 1 amide bonds. The number of carbonyl (C=O) groups is 2. The maximum Gasteiger partial charge on any atom is 0.253 e. The van der Waals surface area contributed by atoms with Crippen LogP contribution < -0.4 is 5.32 Å². The van der Waals surface area contributed by atoms with Crippen LogP contribution in [0, 0.1) is 0 Å². The van der Waals surface area contributed by atoms with Gasteiger partial charge in [0.2, 0.25) is 0 Å². The molecule has 20 heavy (non-hydrogen) atoms. The average Bonchev–Trinajstić information content (AvgIpc) is 2.47. The molecule has 0 fully saturated rings. The molecule has 0 bridgehead atoms. The van der Waals surface area contributed by atoms with E-state index in [4.69, 9.17) is 9.47 Å². The largest absolute Gasteiger partial charge is 0.385 e. The number of nitrogens with one attached hydrogen (secondary N) is 1. The van der Waals surface area contributed by atoms with E-state index in [0.29, 0.717) is 38.2 Å². The SMILES string of the molecule is COCCCC(=O)c1ncccc1C(=O)NCCOC. The first kappa shape index (κ1) is 16.3. The van der Waals surface area contributed by atoms with Crippen molar-refractivity contribution >= 4 is 11.7 Å². The van der Waals surface area contributed by atoms with Gasteiger partial charge in [-0.15, -0.1) is 0 Å². The first-order chi connectivity index (χ1) is 9.70. The number of Topliss-reactive ketones (excluding diaryl/α,β-unsaturated/α-hetero) is 1. The minimum absolute atomic E-state index is 0.153. The first-order valence-corrected chi connectivity index (χ1v) is 6.45. The summed E-state index contributed by atoms with van der Waals surface area (Å²) in [6.07, 6.45) is 2.43. The number of ether oxygens (including phenoxy) is 2. The van der Waals surface area contributed by atoms with Crippen LogP contribution in [0.5, 0.6) is 0 Å². The molecule has 1 aromatic rings. The van der Waals surface area contributed by atoms with Crippen LogP contribution >= 0.6 is 0 Å². The van der Waals surface area contributed by atoms with E-state index < -0.39 is 0 Å². The number of amides is 1. The predicted molar refractivity (Wildman–Crippen MR) is 73.9 cm³/mol. The minimum Gasteiger partial charge on any atom is -0.385 e. The highest BCUT2D eigenvalue weighted by molar-refractivity contribution is 6.06. The second-order valence-corrected chi connectivity index (χ2v) is 4.17. The number of hydrogen-bond donors (Lipinski definition) is 1. The monoisotopic (exact) mass is 280 g/mol. The number of rotatable bonds is 9. The van der Waals surface area contributed by atoms with Gasteiger partial charge in [-0.25, -0.2) is 0 Å². The Balaban J connectivity index is 2.71. The number of ketones is 1. The minimum atomic E-state index is -0.315. The molecule has 1 N–H and O–H groups in total. The fraction of sp³-hybridized carbons (Fsp3) is 0.500. The van der Waals surface area contributed by atoms with Gasteiger partial charge in [0, 0.05) is 40.0 Å². The Hall–Kier alpha value is -1.79. The molecule has 0 aliphatic heterocycles. The molecule has 0 saturated heterocycles. The Labute approximate surface area is 118 Å². The molecule has 0 unspecified atom stereocenters. The Morgan fingerprint density at radius 2 is 2.00 bits per heavy atom. The van der Waals surface area contributed by atoms with Crippen molar-refractivity contribution in [2.24, 2.45) is 0 Å². The lowest BCUT2D eigenvalue weighted by Crippen LogP contribution is -2.28. The van der Waals surface area contributed by atoms with Crippen LogP contribution in [0.25, 0.3) is 0 Å². The maximum atomic E-state index is 12.1. The Bertz CT molecular complexity index is 408. The summed E-state index contributed by atoms with van der Waals surface area (Å²) in [5, 5.41) is 2.68. The zero-order valence-corrected chi connectivity index (χ0v) is 11.8. The topological polar surface area (TPSA) is 77.5 Å². The zero-order chi connectivity index (χ0) is 14.8. The van der Waals surface area contributed by atoms with E-state index in [1.54, 1.807) is 26.4 Å².